The summed E-state index contributed by atoms with van der Waals surface area (Å²) in [5.41, 5.74) is 2.79. The molecule has 28 heavy (non-hydrogen) atoms. The molecule has 3 aromatic rings. The third-order valence-electron chi connectivity index (χ3n) is 4.18. The van der Waals surface area contributed by atoms with Gasteiger partial charge in [0.05, 0.1) is 5.69 Å². The van der Waals surface area contributed by atoms with Crippen molar-refractivity contribution in [2.75, 3.05) is 11.7 Å². The number of esters is 1. The van der Waals surface area contributed by atoms with Gasteiger partial charge in [-0.25, -0.2) is 5.01 Å². The van der Waals surface area contributed by atoms with Crippen LogP contribution in [0.2, 0.25) is 0 Å². The number of anilines is 1. The van der Waals surface area contributed by atoms with Crippen LogP contribution >= 0.6 is 0 Å². The van der Waals surface area contributed by atoms with Gasteiger partial charge in [-0.2, -0.15) is 0 Å². The summed E-state index contributed by atoms with van der Waals surface area (Å²) in [6.45, 7) is 1.88. The van der Waals surface area contributed by atoms with Crippen LogP contribution in [0, 0.1) is 0 Å². The van der Waals surface area contributed by atoms with E-state index in [-0.39, 0.29) is 5.97 Å². The molecule has 3 aromatic carbocycles. The predicted octanol–water partition coefficient (Wildman–Crippen LogP) is 4.55. The number of hydrogen-bond acceptors (Lipinski definition) is 5. The molecule has 1 aliphatic rings. The summed E-state index contributed by atoms with van der Waals surface area (Å²) >= 11 is 0. The third kappa shape index (κ3) is 3.96. The minimum atomic E-state index is -0.349. The number of amidine groups is 1. The Labute approximate surface area is 163 Å². The molecule has 0 aliphatic carbocycles. The Kier molecular flexibility index (Phi) is 4.93. The molecule has 0 radical (unpaired) electrons. The molecule has 0 bridgehead atoms. The van der Waals surface area contributed by atoms with Crippen LogP contribution in [0.15, 0.2) is 95.1 Å². The highest BCUT2D eigenvalue weighted by atomic mass is 16.5. The third-order valence-corrected chi connectivity index (χ3v) is 4.18. The SMILES string of the molecule is CC(=O)Oc1ccc(C2=NN(c3ccccc3)C[N+](c3ccccc3)=N2)cc1. The van der Waals surface area contributed by atoms with E-state index < -0.39 is 0 Å². The number of hydrogen-bond donors (Lipinski definition) is 0. The Hall–Kier alpha value is -3.80. The maximum absolute atomic E-state index is 11.1. The van der Waals surface area contributed by atoms with Crippen LogP contribution in [-0.4, -0.2) is 23.2 Å². The van der Waals surface area contributed by atoms with Crippen LogP contribution in [0.3, 0.4) is 0 Å². The highest BCUT2D eigenvalue weighted by molar-refractivity contribution is 5.99. The zero-order chi connectivity index (χ0) is 19.3. The van der Waals surface area contributed by atoms with Gasteiger partial charge in [0.1, 0.15) is 5.75 Å². The van der Waals surface area contributed by atoms with Gasteiger partial charge in [0, 0.05) is 29.7 Å². The molecule has 0 saturated carbocycles. The Morgan fingerprint density at radius 3 is 2.21 bits per heavy atom. The first-order chi connectivity index (χ1) is 13.7. The van der Waals surface area contributed by atoms with Gasteiger partial charge in [0.15, 0.2) is 0 Å². The van der Waals surface area contributed by atoms with Crippen LogP contribution in [0.25, 0.3) is 0 Å². The minimum absolute atomic E-state index is 0.349. The minimum Gasteiger partial charge on any atom is -0.427 e. The molecule has 1 heterocycles. The van der Waals surface area contributed by atoms with Crippen LogP contribution in [0.5, 0.6) is 5.75 Å². The summed E-state index contributed by atoms with van der Waals surface area (Å²) in [7, 11) is 0. The molecule has 0 N–H and O–H groups in total. The van der Waals surface area contributed by atoms with Crippen LogP contribution in [0.4, 0.5) is 11.4 Å². The number of carbonyl (C=O) groups excluding carboxylic acids is 1. The first-order valence-corrected chi connectivity index (χ1v) is 8.93. The van der Waals surface area contributed by atoms with Gasteiger partial charge >= 0.3 is 5.97 Å². The van der Waals surface area contributed by atoms with Crippen LogP contribution in [0.1, 0.15) is 12.5 Å². The quantitative estimate of drug-likeness (QED) is 0.384. The standard InChI is InChI=1S/C22H19N4O2/c1-17(27)28-21-14-12-18(13-15-21)22-23-25(19-8-4-2-5-9-19)16-26(24-22)20-10-6-3-7-11-20/h2-15H,16H2,1H3/q+1. The van der Waals surface area contributed by atoms with Gasteiger partial charge in [-0.1, -0.05) is 41.1 Å². The molecular weight excluding hydrogens is 352 g/mol. The number of carbonyl (C=O) groups is 1. The second kappa shape index (κ2) is 7.84. The van der Waals surface area contributed by atoms with Gasteiger partial charge in [-0.05, 0) is 36.4 Å². The van der Waals surface area contributed by atoms with E-state index in [1.165, 1.54) is 6.92 Å². The molecule has 0 spiro atoms. The van der Waals surface area contributed by atoms with Crippen molar-refractivity contribution in [3.63, 3.8) is 0 Å². The molecule has 6 nitrogen and oxygen atoms in total. The van der Waals surface area contributed by atoms with E-state index in [9.17, 15) is 4.79 Å². The van der Waals surface area contributed by atoms with E-state index in [2.05, 4.69) is 0 Å². The number of azo groups is 2. The van der Waals surface area contributed by atoms with Crippen LogP contribution in [-0.2, 0) is 4.79 Å². The summed E-state index contributed by atoms with van der Waals surface area (Å²) in [6, 6.07) is 27.1. The number of nitrogens with zero attached hydrogens (tertiary/aromatic N) is 4. The Balaban J connectivity index is 1.72. The Morgan fingerprint density at radius 2 is 1.57 bits per heavy atom. The maximum Gasteiger partial charge on any atom is 0.308 e. The fourth-order valence-electron chi connectivity index (χ4n) is 2.87. The van der Waals surface area contributed by atoms with Gasteiger partial charge in [-0.15, -0.1) is 5.10 Å². The largest absolute Gasteiger partial charge is 0.427 e. The lowest BCUT2D eigenvalue weighted by molar-refractivity contribution is -0.508. The van der Waals surface area contributed by atoms with Crippen molar-refractivity contribution in [2.45, 2.75) is 6.92 Å². The van der Waals surface area contributed by atoms with Crippen molar-refractivity contribution >= 4 is 23.2 Å². The van der Waals surface area contributed by atoms with Crippen molar-refractivity contribution < 1.29 is 14.2 Å². The zero-order valence-electron chi connectivity index (χ0n) is 15.4. The molecule has 4 rings (SSSR count). The van der Waals surface area contributed by atoms with Gasteiger partial charge in [-0.3, -0.25) is 4.79 Å². The van der Waals surface area contributed by atoms with Crippen molar-refractivity contribution in [3.8, 4) is 5.75 Å². The Bertz CT molecular complexity index is 1030. The summed E-state index contributed by atoms with van der Waals surface area (Å²) in [5, 5.41) is 11.4. The summed E-state index contributed by atoms with van der Waals surface area (Å²) in [4.78, 5) is 11.1. The smallest absolute Gasteiger partial charge is 0.308 e. The number of benzene rings is 3. The highest BCUT2D eigenvalue weighted by Gasteiger charge is 2.25. The molecular formula is C22H19N4O2+. The maximum atomic E-state index is 11.1. The molecule has 0 fully saturated rings. The predicted molar refractivity (Wildman–Crippen MR) is 107 cm³/mol. The topological polar surface area (TPSA) is 57.3 Å². The monoisotopic (exact) mass is 371 g/mol. The van der Waals surface area contributed by atoms with Crippen molar-refractivity contribution in [2.24, 2.45) is 10.2 Å². The molecule has 6 heteroatoms. The molecule has 0 atom stereocenters. The number of ether oxygens (including phenoxy) is 1. The number of hydrazone groups is 1. The van der Waals surface area contributed by atoms with Gasteiger partial charge in [0.2, 0.25) is 11.5 Å². The second-order valence-electron chi connectivity index (χ2n) is 6.25. The normalized spacial score (nSPS) is 13.5. The Morgan fingerprint density at radius 1 is 0.929 bits per heavy atom. The molecule has 0 aromatic heterocycles. The van der Waals surface area contributed by atoms with E-state index >= 15 is 0 Å². The summed E-state index contributed by atoms with van der Waals surface area (Å²) in [5.74, 6) is 0.721. The first kappa shape index (κ1) is 17.6. The molecule has 0 saturated heterocycles. The van der Waals surface area contributed by atoms with Gasteiger partial charge in [0.25, 0.3) is 6.67 Å². The molecule has 0 unspecified atom stereocenters. The fraction of sp³-hybridized carbons (Fsp3) is 0.0909. The average Bonchev–Trinajstić information content (AvgIpc) is 2.75. The lowest BCUT2D eigenvalue weighted by Crippen LogP contribution is -2.31. The average molecular weight is 371 g/mol. The summed E-state index contributed by atoms with van der Waals surface area (Å²) in [6.07, 6.45) is 0. The summed E-state index contributed by atoms with van der Waals surface area (Å²) < 4.78 is 7.02. The van der Waals surface area contributed by atoms with E-state index in [4.69, 9.17) is 15.0 Å². The van der Waals surface area contributed by atoms with Gasteiger partial charge < -0.3 is 4.74 Å². The van der Waals surface area contributed by atoms with E-state index in [0.29, 0.717) is 18.3 Å². The lowest BCUT2D eigenvalue weighted by Gasteiger charge is -2.20. The first-order valence-electron chi connectivity index (χ1n) is 8.93. The van der Waals surface area contributed by atoms with Crippen LogP contribution < -0.4 is 9.75 Å². The van der Waals surface area contributed by atoms with E-state index in [1.807, 2.05) is 82.5 Å². The fourth-order valence-corrected chi connectivity index (χ4v) is 2.87. The molecule has 1 aliphatic heterocycles. The highest BCUT2D eigenvalue weighted by Crippen LogP contribution is 2.23. The van der Waals surface area contributed by atoms with Crippen molar-refractivity contribution in [1.82, 2.24) is 0 Å². The second-order valence-corrected chi connectivity index (χ2v) is 6.25. The van der Waals surface area contributed by atoms with E-state index in [1.54, 1.807) is 12.1 Å². The molecule has 0 amide bonds. The number of para-hydroxylation sites is 2. The number of rotatable bonds is 4. The lowest BCUT2D eigenvalue weighted by atomic mass is 10.2. The molecule has 138 valence electrons. The van der Waals surface area contributed by atoms with Crippen molar-refractivity contribution in [1.29, 1.82) is 0 Å². The van der Waals surface area contributed by atoms with Crippen molar-refractivity contribution in [3.05, 3.63) is 90.5 Å². The zero-order valence-corrected chi connectivity index (χ0v) is 15.4. The van der Waals surface area contributed by atoms with E-state index in [0.717, 1.165) is 16.9 Å².